The van der Waals surface area contributed by atoms with E-state index in [0.717, 1.165) is 0 Å². The minimum atomic E-state index is -3.15. The van der Waals surface area contributed by atoms with Gasteiger partial charge in [-0.1, -0.05) is 49.1 Å². The first-order valence-corrected chi connectivity index (χ1v) is 4.29. The molecule has 0 saturated heterocycles. The lowest BCUT2D eigenvalue weighted by Crippen LogP contribution is -1.94. The third-order valence-corrected chi connectivity index (χ3v) is 2.10. The summed E-state index contributed by atoms with van der Waals surface area (Å²) in [6.07, 6.45) is -6.00. The maximum atomic E-state index is 7.96. The molecule has 2 rings (SSSR count). The van der Waals surface area contributed by atoms with Gasteiger partial charge in [0.2, 0.25) is 0 Å². The van der Waals surface area contributed by atoms with E-state index in [4.69, 9.17) is 21.2 Å². The zero-order chi connectivity index (χ0) is 16.1. The predicted molar refractivity (Wildman–Crippen MR) is 58.5 cm³/mol. The van der Waals surface area contributed by atoms with Crippen molar-refractivity contribution in [3.05, 3.63) is 35.1 Å². The van der Waals surface area contributed by atoms with Gasteiger partial charge in [0.15, 0.2) is 5.15 Å². The number of hydrogen-bond donors (Lipinski definition) is 0. The molecular formula is C11H11ClN2. The van der Waals surface area contributed by atoms with E-state index in [0.29, 0.717) is 5.39 Å². The highest BCUT2D eigenvalue weighted by atomic mass is 35.5. The van der Waals surface area contributed by atoms with E-state index in [9.17, 15) is 0 Å². The fourth-order valence-corrected chi connectivity index (χ4v) is 1.43. The van der Waals surface area contributed by atoms with Crippen molar-refractivity contribution < 1.29 is 9.60 Å². The second-order valence-electron chi connectivity index (χ2n) is 2.64. The minimum absolute atomic E-state index is 0.0413. The Labute approximate surface area is 97.8 Å². The van der Waals surface area contributed by atoms with Crippen molar-refractivity contribution in [3.8, 4) is 0 Å². The maximum absolute atomic E-state index is 7.96. The Morgan fingerprint density at radius 3 is 2.93 bits per heavy atom. The first-order valence-electron chi connectivity index (χ1n) is 7.41. The Kier molecular flexibility index (Phi) is 1.16. The zero-order valence-corrected chi connectivity index (χ0v) is 7.84. The molecule has 0 radical (unpaired) electrons. The smallest absolute Gasteiger partial charge is 0.153 e. The molecule has 0 saturated carbocycles. The summed E-state index contributed by atoms with van der Waals surface area (Å²) >= 11 is 5.88. The van der Waals surface area contributed by atoms with Crippen LogP contribution in [0, 0.1) is 0 Å². The molecule has 1 aromatic heterocycles. The van der Waals surface area contributed by atoms with Crippen LogP contribution in [0.1, 0.15) is 28.5 Å². The average Bonchev–Trinajstić information content (AvgIpc) is 2.37. The van der Waals surface area contributed by atoms with Crippen molar-refractivity contribution in [1.82, 2.24) is 10.2 Å². The average molecular weight is 214 g/mol. The van der Waals surface area contributed by atoms with Crippen LogP contribution in [0.2, 0.25) is 5.15 Å². The number of hydrogen-bond acceptors (Lipinski definition) is 2. The van der Waals surface area contributed by atoms with E-state index in [-0.39, 0.29) is 16.2 Å². The highest BCUT2D eigenvalue weighted by Gasteiger charge is 2.05. The van der Waals surface area contributed by atoms with Gasteiger partial charge in [-0.05, 0) is 6.37 Å². The van der Waals surface area contributed by atoms with E-state index in [1.807, 2.05) is 0 Å². The van der Waals surface area contributed by atoms with E-state index >= 15 is 0 Å². The summed E-state index contributed by atoms with van der Waals surface area (Å²) in [4.78, 5) is 0. The molecule has 3 heteroatoms. The summed E-state index contributed by atoms with van der Waals surface area (Å²) in [5.41, 5.74) is -0.386. The number of nitrogens with zero attached hydrogens (tertiary/aromatic N) is 2. The van der Waals surface area contributed by atoms with Crippen molar-refractivity contribution in [2.45, 2.75) is 19.6 Å². The predicted octanol–water partition coefficient (Wildman–Crippen LogP) is 3.24. The minimum Gasteiger partial charge on any atom is -0.153 e. The van der Waals surface area contributed by atoms with Crippen LogP contribution >= 0.6 is 11.6 Å². The lowest BCUT2D eigenvalue weighted by Gasteiger charge is -2.03. The molecule has 0 unspecified atom stereocenters. The fourth-order valence-electron chi connectivity index (χ4n) is 1.22. The van der Waals surface area contributed by atoms with Gasteiger partial charge in [0, 0.05) is 20.4 Å². The zero-order valence-electron chi connectivity index (χ0n) is 14.1. The Morgan fingerprint density at radius 1 is 1.36 bits per heavy atom. The van der Waals surface area contributed by atoms with Crippen molar-refractivity contribution in [2.24, 2.45) is 0 Å². The van der Waals surface area contributed by atoms with Crippen molar-refractivity contribution >= 4 is 22.4 Å². The first-order chi connectivity index (χ1) is 9.50. The van der Waals surface area contributed by atoms with Gasteiger partial charge in [-0.2, -0.15) is 5.10 Å². The molecule has 0 fully saturated rings. The monoisotopic (exact) mass is 213 g/mol. The molecule has 0 aliphatic rings. The normalized spacial score (nSPS) is 21.1. The summed E-state index contributed by atoms with van der Waals surface area (Å²) in [7, 11) is 0. The number of rotatable bonds is 2. The van der Waals surface area contributed by atoms with Gasteiger partial charge < -0.3 is 0 Å². The molecule has 0 aliphatic carbocycles. The second kappa shape index (κ2) is 3.93. The van der Waals surface area contributed by atoms with Gasteiger partial charge in [-0.25, -0.2) is 0 Å². The summed E-state index contributed by atoms with van der Waals surface area (Å²) in [5.74, 6) is 0. The largest absolute Gasteiger partial charge is 0.159 e. The second-order valence-corrected chi connectivity index (χ2v) is 2.99. The molecule has 2 nitrogen and oxygen atoms in total. The fraction of sp³-hybridized carbons (Fsp3) is 0.273. The molecule has 72 valence electrons. The summed E-state index contributed by atoms with van der Waals surface area (Å²) in [6.45, 7) is -3.15. The van der Waals surface area contributed by atoms with Crippen molar-refractivity contribution in [3.63, 3.8) is 0 Å². The third-order valence-electron chi connectivity index (χ3n) is 1.82. The van der Waals surface area contributed by atoms with Crippen molar-refractivity contribution in [2.75, 3.05) is 0 Å². The van der Waals surface area contributed by atoms with Crippen LogP contribution in [0.15, 0.2) is 24.3 Å². The van der Waals surface area contributed by atoms with Crippen LogP contribution < -0.4 is 0 Å². The van der Waals surface area contributed by atoms with Crippen molar-refractivity contribution in [1.29, 1.82) is 0 Å². The lowest BCUT2D eigenvalue weighted by atomic mass is 10.1. The summed E-state index contributed by atoms with van der Waals surface area (Å²) in [6, 6.07) is 6.34. The molecule has 14 heavy (non-hydrogen) atoms. The number of halogens is 1. The Morgan fingerprint density at radius 2 is 2.14 bits per heavy atom. The van der Waals surface area contributed by atoms with Gasteiger partial charge in [-0.15, -0.1) is 5.10 Å². The highest BCUT2D eigenvalue weighted by molar-refractivity contribution is 6.34. The Hall–Kier alpha value is -1.15. The maximum Gasteiger partial charge on any atom is 0.159 e. The molecular weight excluding hydrogens is 196 g/mol. The van der Waals surface area contributed by atoms with Crippen LogP contribution in [0.3, 0.4) is 0 Å². The lowest BCUT2D eigenvalue weighted by molar-refractivity contribution is 0.852. The number of aromatic nitrogens is 2. The van der Waals surface area contributed by atoms with Gasteiger partial charge in [0.25, 0.3) is 0 Å². The molecule has 0 atom stereocenters. The highest BCUT2D eigenvalue weighted by Crippen LogP contribution is 2.22. The summed E-state index contributed by atoms with van der Waals surface area (Å²) in [5, 5.41) is 7.86. The van der Waals surface area contributed by atoms with Gasteiger partial charge >= 0.3 is 0 Å². The van der Waals surface area contributed by atoms with Gasteiger partial charge in [0.05, 0.1) is 5.69 Å². The van der Waals surface area contributed by atoms with E-state index in [2.05, 4.69) is 10.2 Å². The molecule has 0 bridgehead atoms. The molecule has 2 aromatic rings. The topological polar surface area (TPSA) is 25.8 Å². The van der Waals surface area contributed by atoms with E-state index in [1.165, 1.54) is 6.07 Å². The Balaban J connectivity index is 2.75. The van der Waals surface area contributed by atoms with Crippen LogP contribution in [0.25, 0.3) is 10.8 Å². The Bertz CT molecular complexity index is 684. The molecule has 0 N–H and O–H groups in total. The van der Waals surface area contributed by atoms with Crippen LogP contribution in [0.4, 0.5) is 0 Å². The molecule has 0 spiro atoms. The van der Waals surface area contributed by atoms with E-state index in [1.54, 1.807) is 18.2 Å². The summed E-state index contributed by atoms with van der Waals surface area (Å²) < 4.78 is 53.0. The van der Waals surface area contributed by atoms with Crippen LogP contribution in [-0.4, -0.2) is 10.2 Å². The van der Waals surface area contributed by atoms with Gasteiger partial charge in [0.1, 0.15) is 0 Å². The van der Waals surface area contributed by atoms with E-state index < -0.39 is 19.6 Å². The van der Waals surface area contributed by atoms with Crippen LogP contribution in [-0.2, 0) is 6.37 Å². The number of fused-ring (bicyclic) bond motifs is 1. The first kappa shape index (κ1) is 4.15. The SMILES string of the molecule is [2H]C([2H])([2H])C([2H])([2H])C([2H])([2H])c1nnc(Cl)c2ccccc12. The number of aryl methyl sites for hydroxylation is 1. The van der Waals surface area contributed by atoms with Crippen LogP contribution in [0.5, 0.6) is 0 Å². The molecule has 0 amide bonds. The molecule has 0 aliphatic heterocycles. The number of benzene rings is 1. The quantitative estimate of drug-likeness (QED) is 0.766. The third kappa shape index (κ3) is 1.58. The molecule has 1 heterocycles. The van der Waals surface area contributed by atoms with Gasteiger partial charge in [-0.3, -0.25) is 0 Å². The standard InChI is InChI=1S/C11H11ClN2/c1-2-5-10-8-6-3-4-7-9(8)11(12)14-13-10/h3-4,6-7H,2,5H2,1H3/i1D3,2D2,5D2. The molecule has 1 aromatic carbocycles.